The zero-order valence-electron chi connectivity index (χ0n) is 9.28. The van der Waals surface area contributed by atoms with Gasteiger partial charge in [0.05, 0.1) is 0 Å². The maximum atomic E-state index is 12.1. The van der Waals surface area contributed by atoms with Gasteiger partial charge >= 0.3 is 29.6 Å². The van der Waals surface area contributed by atoms with Crippen molar-refractivity contribution in [3.8, 4) is 0 Å². The van der Waals surface area contributed by atoms with Crippen LogP contribution >= 0.6 is 0 Å². The number of carbonyl (C=O) groups excluding carboxylic acids is 1. The van der Waals surface area contributed by atoms with E-state index in [-0.39, 0.29) is 40.0 Å². The van der Waals surface area contributed by atoms with E-state index in [9.17, 15) is 13.2 Å². The summed E-state index contributed by atoms with van der Waals surface area (Å²) in [4.78, 5) is 11.8. The Morgan fingerprint density at radius 1 is 0.895 bits per heavy atom. The van der Waals surface area contributed by atoms with Crippen molar-refractivity contribution in [2.24, 2.45) is 0 Å². The average molecular weight is 286 g/mol. The van der Waals surface area contributed by atoms with Gasteiger partial charge in [-0.15, -0.1) is 0 Å². The molecular formula is C13H11NaO4S. The van der Waals surface area contributed by atoms with Gasteiger partial charge in [-0.3, -0.25) is 9.35 Å². The second-order valence-corrected chi connectivity index (χ2v) is 5.06. The zero-order chi connectivity index (χ0) is 13.2. The first-order valence-electron chi connectivity index (χ1n) is 5.16. The Morgan fingerprint density at radius 3 is 2.00 bits per heavy atom. The fraction of sp³-hybridized carbons (Fsp3) is 0. The van der Waals surface area contributed by atoms with Crippen LogP contribution < -0.4 is 0 Å². The Bertz CT molecular complexity index is 681. The molecule has 0 aromatic heterocycles. The van der Waals surface area contributed by atoms with Crippen LogP contribution in [-0.4, -0.2) is 48.3 Å². The molecule has 0 amide bonds. The van der Waals surface area contributed by atoms with Crippen LogP contribution in [0.15, 0.2) is 59.5 Å². The zero-order valence-corrected chi connectivity index (χ0v) is 10.1. The van der Waals surface area contributed by atoms with E-state index >= 15 is 0 Å². The molecule has 0 atom stereocenters. The molecular weight excluding hydrogens is 275 g/mol. The van der Waals surface area contributed by atoms with E-state index in [0.29, 0.717) is 5.56 Å². The van der Waals surface area contributed by atoms with E-state index in [1.807, 2.05) is 0 Å². The Kier molecular flexibility index (Phi) is 5.46. The molecule has 0 saturated heterocycles. The van der Waals surface area contributed by atoms with Gasteiger partial charge in [0.2, 0.25) is 0 Å². The third kappa shape index (κ3) is 3.75. The number of rotatable bonds is 3. The van der Waals surface area contributed by atoms with Crippen LogP contribution in [-0.2, 0) is 10.1 Å². The minimum absolute atomic E-state index is 0. The first-order chi connectivity index (χ1) is 8.50. The third-order valence-electron chi connectivity index (χ3n) is 2.45. The van der Waals surface area contributed by atoms with Gasteiger partial charge in [0, 0.05) is 11.1 Å². The molecule has 19 heavy (non-hydrogen) atoms. The molecule has 0 unspecified atom stereocenters. The molecule has 0 aliphatic rings. The number of benzene rings is 2. The quantitative estimate of drug-likeness (QED) is 0.527. The van der Waals surface area contributed by atoms with Crippen molar-refractivity contribution in [1.29, 1.82) is 0 Å². The Hall–Kier alpha value is -0.980. The van der Waals surface area contributed by atoms with Crippen LogP contribution in [0.2, 0.25) is 0 Å². The van der Waals surface area contributed by atoms with Crippen molar-refractivity contribution in [3.63, 3.8) is 0 Å². The Balaban J connectivity index is 0.00000180. The topological polar surface area (TPSA) is 71.4 Å². The standard InChI is InChI=1S/C13H10O4S.Na.H/c14-13(10-6-2-1-3-7-10)11-8-4-5-9-12(11)18(15,16)17;;/h1-9H,(H,15,16,17);;. The van der Waals surface area contributed by atoms with Crippen molar-refractivity contribution >= 4 is 45.5 Å². The van der Waals surface area contributed by atoms with Crippen molar-refractivity contribution < 1.29 is 17.8 Å². The van der Waals surface area contributed by atoms with Gasteiger partial charge in [0.25, 0.3) is 10.1 Å². The van der Waals surface area contributed by atoms with Crippen LogP contribution in [0.4, 0.5) is 0 Å². The summed E-state index contributed by atoms with van der Waals surface area (Å²) in [6.07, 6.45) is 0. The molecule has 2 rings (SSSR count). The van der Waals surface area contributed by atoms with Gasteiger partial charge in [0.15, 0.2) is 5.78 Å². The third-order valence-corrected chi connectivity index (χ3v) is 3.36. The van der Waals surface area contributed by atoms with E-state index in [0.717, 1.165) is 0 Å². The summed E-state index contributed by atoms with van der Waals surface area (Å²) in [6.45, 7) is 0. The molecule has 0 aliphatic carbocycles. The number of ketones is 1. The Labute approximate surface area is 133 Å². The molecule has 0 radical (unpaired) electrons. The molecule has 2 aromatic carbocycles. The van der Waals surface area contributed by atoms with Crippen LogP contribution in [0.3, 0.4) is 0 Å². The molecule has 0 heterocycles. The summed E-state index contributed by atoms with van der Waals surface area (Å²) in [5.74, 6) is -0.441. The second kappa shape index (κ2) is 6.45. The maximum absolute atomic E-state index is 12.1. The number of hydrogen-bond donors (Lipinski definition) is 1. The summed E-state index contributed by atoms with van der Waals surface area (Å²) in [6, 6.07) is 13.9. The minimum atomic E-state index is -4.41. The van der Waals surface area contributed by atoms with Crippen molar-refractivity contribution in [1.82, 2.24) is 0 Å². The van der Waals surface area contributed by atoms with Gasteiger partial charge in [-0.25, -0.2) is 0 Å². The van der Waals surface area contributed by atoms with Crippen LogP contribution in [0, 0.1) is 0 Å². The predicted molar refractivity (Wildman–Crippen MR) is 73.3 cm³/mol. The second-order valence-electron chi connectivity index (χ2n) is 3.67. The first-order valence-corrected chi connectivity index (χ1v) is 6.60. The number of carbonyl (C=O) groups is 1. The molecule has 1 N–H and O–H groups in total. The molecule has 4 nitrogen and oxygen atoms in total. The molecule has 94 valence electrons. The molecule has 0 saturated carbocycles. The fourth-order valence-corrected chi connectivity index (χ4v) is 2.31. The summed E-state index contributed by atoms with van der Waals surface area (Å²) in [7, 11) is -4.41. The van der Waals surface area contributed by atoms with E-state index in [1.54, 1.807) is 36.4 Å². The summed E-state index contributed by atoms with van der Waals surface area (Å²) < 4.78 is 31.5. The summed E-state index contributed by atoms with van der Waals surface area (Å²) >= 11 is 0. The van der Waals surface area contributed by atoms with Gasteiger partial charge in [-0.1, -0.05) is 42.5 Å². The van der Waals surface area contributed by atoms with Crippen molar-refractivity contribution in [2.45, 2.75) is 4.90 Å². The molecule has 0 aliphatic heterocycles. The van der Waals surface area contributed by atoms with E-state index < -0.39 is 15.9 Å². The molecule has 0 bridgehead atoms. The molecule has 6 heteroatoms. The number of hydrogen-bond acceptors (Lipinski definition) is 3. The van der Waals surface area contributed by atoms with Gasteiger partial charge in [-0.05, 0) is 12.1 Å². The summed E-state index contributed by atoms with van der Waals surface area (Å²) in [5, 5.41) is 0. The first kappa shape index (κ1) is 16.1. The monoisotopic (exact) mass is 286 g/mol. The SMILES string of the molecule is O=C(c1ccccc1)c1ccccc1S(=O)(=O)O.[NaH]. The predicted octanol–water partition coefficient (Wildman–Crippen LogP) is 1.52. The van der Waals surface area contributed by atoms with E-state index in [2.05, 4.69) is 0 Å². The van der Waals surface area contributed by atoms with Crippen LogP contribution in [0.1, 0.15) is 15.9 Å². The molecule has 0 fully saturated rings. The Morgan fingerprint density at radius 2 is 1.42 bits per heavy atom. The van der Waals surface area contributed by atoms with Crippen molar-refractivity contribution in [2.75, 3.05) is 0 Å². The van der Waals surface area contributed by atoms with Gasteiger partial charge in [-0.2, -0.15) is 8.42 Å². The van der Waals surface area contributed by atoms with Crippen molar-refractivity contribution in [3.05, 3.63) is 65.7 Å². The normalized spacial score (nSPS) is 10.6. The average Bonchev–Trinajstić information content (AvgIpc) is 2.38. The van der Waals surface area contributed by atoms with Gasteiger partial charge in [0.1, 0.15) is 4.90 Å². The van der Waals surface area contributed by atoms with Crippen LogP contribution in [0.5, 0.6) is 0 Å². The molecule has 0 spiro atoms. The van der Waals surface area contributed by atoms with E-state index in [4.69, 9.17) is 4.55 Å². The van der Waals surface area contributed by atoms with E-state index in [1.165, 1.54) is 18.2 Å². The van der Waals surface area contributed by atoms with Crippen LogP contribution in [0.25, 0.3) is 0 Å². The molecule has 2 aromatic rings. The summed E-state index contributed by atoms with van der Waals surface area (Å²) in [5.41, 5.74) is 0.333. The van der Waals surface area contributed by atoms with Gasteiger partial charge < -0.3 is 0 Å². The fourth-order valence-electron chi connectivity index (χ4n) is 1.62.